The normalized spacial score (nSPS) is 11.3. The van der Waals surface area contributed by atoms with E-state index >= 15 is 0 Å². The van der Waals surface area contributed by atoms with Crippen molar-refractivity contribution < 1.29 is 4.42 Å². The van der Waals surface area contributed by atoms with E-state index in [2.05, 4.69) is 4.98 Å². The van der Waals surface area contributed by atoms with Crippen molar-refractivity contribution in [2.75, 3.05) is 5.73 Å². The summed E-state index contributed by atoms with van der Waals surface area (Å²) in [6, 6.07) is 3.93. The lowest BCUT2D eigenvalue weighted by atomic mass is 10.1. The third-order valence-corrected chi connectivity index (χ3v) is 4.45. The van der Waals surface area contributed by atoms with Gasteiger partial charge in [0.1, 0.15) is 5.52 Å². The van der Waals surface area contributed by atoms with Gasteiger partial charge in [0, 0.05) is 0 Å². The second kappa shape index (κ2) is 4.00. The van der Waals surface area contributed by atoms with Crippen LogP contribution in [-0.4, -0.2) is 4.98 Å². The molecule has 18 heavy (non-hydrogen) atoms. The lowest BCUT2D eigenvalue weighted by Gasteiger charge is -2.05. The van der Waals surface area contributed by atoms with Gasteiger partial charge in [-0.1, -0.05) is 17.7 Å². The second-order valence-corrected chi connectivity index (χ2v) is 5.48. The summed E-state index contributed by atoms with van der Waals surface area (Å²) in [5.41, 5.74) is 9.72. The molecule has 2 N–H and O–H groups in total. The highest BCUT2D eigenvalue weighted by molar-refractivity contribution is 7.13. The number of nitrogens with two attached hydrogens (primary N) is 1. The molecule has 2 heterocycles. The van der Waals surface area contributed by atoms with Crippen LogP contribution in [0.2, 0.25) is 5.02 Å². The first-order chi connectivity index (χ1) is 8.59. The molecule has 0 aliphatic carbocycles. The molecule has 0 aliphatic heterocycles. The number of aryl methyl sites for hydroxylation is 1. The number of nitrogen functional groups attached to an aromatic ring is 1. The van der Waals surface area contributed by atoms with E-state index in [0.717, 1.165) is 21.5 Å². The zero-order valence-corrected chi connectivity index (χ0v) is 11.5. The monoisotopic (exact) mass is 278 g/mol. The third-order valence-electron chi connectivity index (χ3n) is 3.02. The number of anilines is 1. The van der Waals surface area contributed by atoms with Crippen molar-refractivity contribution in [1.82, 2.24) is 4.98 Å². The number of benzene rings is 1. The van der Waals surface area contributed by atoms with Gasteiger partial charge in [-0.15, -0.1) is 11.3 Å². The Hall–Kier alpha value is -1.52. The van der Waals surface area contributed by atoms with E-state index in [1.165, 1.54) is 0 Å². The Morgan fingerprint density at radius 1 is 1.33 bits per heavy atom. The quantitative estimate of drug-likeness (QED) is 0.671. The molecule has 0 bridgehead atoms. The van der Waals surface area contributed by atoms with Gasteiger partial charge in [0.25, 0.3) is 0 Å². The van der Waals surface area contributed by atoms with E-state index in [1.807, 2.05) is 31.4 Å². The van der Waals surface area contributed by atoms with E-state index in [9.17, 15) is 0 Å². The van der Waals surface area contributed by atoms with Crippen molar-refractivity contribution >= 4 is 39.7 Å². The zero-order chi connectivity index (χ0) is 12.9. The smallest absolute Gasteiger partial charge is 0.237 e. The average molecular weight is 279 g/mol. The van der Waals surface area contributed by atoms with Crippen LogP contribution < -0.4 is 5.73 Å². The van der Waals surface area contributed by atoms with Crippen molar-refractivity contribution in [2.45, 2.75) is 13.8 Å². The van der Waals surface area contributed by atoms with Crippen LogP contribution in [0.5, 0.6) is 0 Å². The molecule has 92 valence electrons. The molecule has 0 spiro atoms. The minimum atomic E-state index is 0.566. The van der Waals surface area contributed by atoms with Gasteiger partial charge in [-0.3, -0.25) is 0 Å². The van der Waals surface area contributed by atoms with Crippen LogP contribution in [0.25, 0.3) is 21.9 Å². The Kier molecular flexibility index (Phi) is 2.57. The summed E-state index contributed by atoms with van der Waals surface area (Å²) < 4.78 is 5.78. The lowest BCUT2D eigenvalue weighted by molar-refractivity contribution is 0.622. The van der Waals surface area contributed by atoms with Gasteiger partial charge >= 0.3 is 0 Å². The highest BCUT2D eigenvalue weighted by Crippen LogP contribution is 2.37. The molecule has 0 fully saturated rings. The van der Waals surface area contributed by atoms with Crippen LogP contribution in [-0.2, 0) is 0 Å². The molecule has 3 aromatic rings. The van der Waals surface area contributed by atoms with Crippen molar-refractivity contribution in [1.29, 1.82) is 0 Å². The van der Waals surface area contributed by atoms with Gasteiger partial charge in [-0.25, -0.2) is 4.98 Å². The number of hydrogen-bond donors (Lipinski definition) is 1. The largest absolute Gasteiger partial charge is 0.433 e. The zero-order valence-electron chi connectivity index (χ0n) is 9.95. The summed E-state index contributed by atoms with van der Waals surface area (Å²) in [5.74, 6) is 0.594. The minimum Gasteiger partial charge on any atom is -0.433 e. The number of rotatable bonds is 1. The van der Waals surface area contributed by atoms with Crippen molar-refractivity contribution in [3.05, 3.63) is 33.7 Å². The van der Waals surface area contributed by atoms with Gasteiger partial charge in [-0.2, -0.15) is 0 Å². The molecule has 0 saturated heterocycles. The first-order valence-electron chi connectivity index (χ1n) is 5.48. The molecule has 0 atom stereocenters. The number of fused-ring (bicyclic) bond motifs is 1. The molecule has 3 rings (SSSR count). The van der Waals surface area contributed by atoms with Crippen molar-refractivity contribution in [3.63, 3.8) is 0 Å². The first kappa shape index (κ1) is 11.6. The summed E-state index contributed by atoms with van der Waals surface area (Å²) in [7, 11) is 0. The van der Waals surface area contributed by atoms with E-state index in [1.54, 1.807) is 11.3 Å². The number of oxazole rings is 1. The molecular weight excluding hydrogens is 268 g/mol. The fourth-order valence-electron chi connectivity index (χ4n) is 1.94. The maximum absolute atomic E-state index is 6.24. The van der Waals surface area contributed by atoms with E-state index in [-0.39, 0.29) is 0 Å². The average Bonchev–Trinajstić information content (AvgIpc) is 3.01. The Bertz CT molecular complexity index is 686. The third kappa shape index (κ3) is 1.53. The van der Waals surface area contributed by atoms with E-state index in [0.29, 0.717) is 22.2 Å². The van der Waals surface area contributed by atoms with Gasteiger partial charge < -0.3 is 10.2 Å². The van der Waals surface area contributed by atoms with E-state index < -0.39 is 0 Å². The molecule has 0 saturated carbocycles. The SMILES string of the molecule is Cc1c(Cl)c(C)c2nc(-c3cccs3)oc2c1N. The number of thiophene rings is 1. The molecule has 5 heteroatoms. The number of nitrogens with zero attached hydrogens (tertiary/aromatic N) is 1. The molecule has 2 aromatic heterocycles. The fourth-order valence-corrected chi connectivity index (χ4v) is 2.78. The summed E-state index contributed by atoms with van der Waals surface area (Å²) in [4.78, 5) is 5.48. The predicted molar refractivity (Wildman–Crippen MR) is 76.2 cm³/mol. The van der Waals surface area contributed by atoms with Gasteiger partial charge in [-0.05, 0) is 36.4 Å². The molecule has 3 nitrogen and oxygen atoms in total. The van der Waals surface area contributed by atoms with Crippen LogP contribution in [0.3, 0.4) is 0 Å². The topological polar surface area (TPSA) is 52.0 Å². The van der Waals surface area contributed by atoms with Gasteiger partial charge in [0.15, 0.2) is 5.58 Å². The number of aromatic nitrogens is 1. The number of halogens is 1. The summed E-state index contributed by atoms with van der Waals surface area (Å²) in [6.45, 7) is 3.81. The summed E-state index contributed by atoms with van der Waals surface area (Å²) in [5, 5.41) is 2.64. The van der Waals surface area contributed by atoms with Crippen molar-refractivity contribution in [3.8, 4) is 10.8 Å². The molecule has 0 unspecified atom stereocenters. The Morgan fingerprint density at radius 2 is 2.11 bits per heavy atom. The lowest BCUT2D eigenvalue weighted by Crippen LogP contribution is -1.93. The Balaban J connectivity index is 2.36. The Labute approximate surface area is 113 Å². The van der Waals surface area contributed by atoms with Crippen LogP contribution in [0.15, 0.2) is 21.9 Å². The van der Waals surface area contributed by atoms with E-state index in [4.69, 9.17) is 21.8 Å². The minimum absolute atomic E-state index is 0.566. The van der Waals surface area contributed by atoms with Crippen LogP contribution in [0.1, 0.15) is 11.1 Å². The molecular formula is C13H11ClN2OS. The highest BCUT2D eigenvalue weighted by Gasteiger charge is 2.18. The highest BCUT2D eigenvalue weighted by atomic mass is 35.5. The molecule has 0 amide bonds. The predicted octanol–water partition coefficient (Wildman–Crippen LogP) is 4.41. The van der Waals surface area contributed by atoms with Gasteiger partial charge in [0.2, 0.25) is 5.89 Å². The Morgan fingerprint density at radius 3 is 2.78 bits per heavy atom. The summed E-state index contributed by atoms with van der Waals surface area (Å²) in [6.07, 6.45) is 0. The maximum Gasteiger partial charge on any atom is 0.237 e. The summed E-state index contributed by atoms with van der Waals surface area (Å²) >= 11 is 7.82. The first-order valence-corrected chi connectivity index (χ1v) is 6.74. The standard InChI is InChI=1S/C13H11ClN2OS/c1-6-9(14)7(2)11-12(10(6)15)17-13(16-11)8-4-3-5-18-8/h3-5H,15H2,1-2H3. The van der Waals surface area contributed by atoms with Crippen molar-refractivity contribution in [2.24, 2.45) is 0 Å². The second-order valence-electron chi connectivity index (χ2n) is 4.15. The molecule has 0 radical (unpaired) electrons. The number of hydrogen-bond acceptors (Lipinski definition) is 4. The van der Waals surface area contributed by atoms with Gasteiger partial charge in [0.05, 0.1) is 15.6 Å². The maximum atomic E-state index is 6.24. The van der Waals surface area contributed by atoms with Crippen LogP contribution >= 0.6 is 22.9 Å². The molecule has 0 aliphatic rings. The fraction of sp³-hybridized carbons (Fsp3) is 0.154. The van der Waals surface area contributed by atoms with Crippen LogP contribution in [0, 0.1) is 13.8 Å². The van der Waals surface area contributed by atoms with Crippen LogP contribution in [0.4, 0.5) is 5.69 Å². The molecule has 1 aromatic carbocycles.